The Hall–Kier alpha value is -3.32. The number of thiazole rings is 1. The highest BCUT2D eigenvalue weighted by atomic mass is 32.1. The molecular formula is C26H25N3O3S. The van der Waals surface area contributed by atoms with Crippen LogP contribution in [0.25, 0.3) is 11.3 Å². The van der Waals surface area contributed by atoms with E-state index in [-0.39, 0.29) is 5.92 Å². The standard InChI is InChI=1S/C26H25N3O3S/c1-15(2)22(29-24(31)19-9-5-6-10-20(19)25(29)32)23(30)28-26-27-21(14-33-26)18-12-11-16-7-3-4-8-17(16)13-18/h5-6,9-15,22H,3-4,7-8H2,1-2H3,(H,27,28,30). The molecule has 0 spiro atoms. The van der Waals surface area contributed by atoms with Gasteiger partial charge in [-0.2, -0.15) is 0 Å². The third-order valence-electron chi connectivity index (χ3n) is 6.38. The van der Waals surface area contributed by atoms with Gasteiger partial charge < -0.3 is 5.32 Å². The van der Waals surface area contributed by atoms with Crippen LogP contribution in [-0.2, 0) is 17.6 Å². The molecule has 0 saturated carbocycles. The molecule has 3 aromatic rings. The van der Waals surface area contributed by atoms with Gasteiger partial charge in [0.25, 0.3) is 11.8 Å². The molecular weight excluding hydrogens is 434 g/mol. The van der Waals surface area contributed by atoms with E-state index in [1.165, 1.54) is 35.3 Å². The minimum atomic E-state index is -0.923. The van der Waals surface area contributed by atoms with Crippen LogP contribution in [-0.4, -0.2) is 33.6 Å². The Bertz CT molecular complexity index is 1230. The molecule has 1 aromatic heterocycles. The zero-order chi connectivity index (χ0) is 23.1. The number of hydrogen-bond acceptors (Lipinski definition) is 5. The maximum atomic E-state index is 13.2. The summed E-state index contributed by atoms with van der Waals surface area (Å²) >= 11 is 1.34. The van der Waals surface area contributed by atoms with Gasteiger partial charge in [-0.3, -0.25) is 19.3 Å². The third kappa shape index (κ3) is 3.86. The number of rotatable bonds is 5. The number of carbonyl (C=O) groups is 3. The maximum absolute atomic E-state index is 13.2. The Balaban J connectivity index is 1.36. The Morgan fingerprint density at radius 3 is 2.33 bits per heavy atom. The number of anilines is 1. The minimum absolute atomic E-state index is 0.257. The molecule has 1 unspecified atom stereocenters. The molecule has 2 heterocycles. The number of hydrogen-bond donors (Lipinski definition) is 1. The molecule has 0 saturated heterocycles. The van der Waals surface area contributed by atoms with Crippen molar-refractivity contribution in [2.45, 2.75) is 45.6 Å². The molecule has 3 amide bonds. The summed E-state index contributed by atoms with van der Waals surface area (Å²) < 4.78 is 0. The van der Waals surface area contributed by atoms with Crippen LogP contribution < -0.4 is 5.32 Å². The first-order chi connectivity index (χ1) is 15.9. The summed E-state index contributed by atoms with van der Waals surface area (Å²) in [5, 5.41) is 5.22. The number of amides is 3. The first-order valence-corrected chi connectivity index (χ1v) is 12.2. The van der Waals surface area contributed by atoms with E-state index in [1.54, 1.807) is 24.3 Å². The van der Waals surface area contributed by atoms with Gasteiger partial charge >= 0.3 is 0 Å². The molecule has 33 heavy (non-hydrogen) atoms. The second-order valence-corrected chi connectivity index (χ2v) is 9.79. The van der Waals surface area contributed by atoms with Crippen molar-refractivity contribution in [3.8, 4) is 11.3 Å². The van der Waals surface area contributed by atoms with E-state index in [0.29, 0.717) is 16.3 Å². The number of fused-ring (bicyclic) bond motifs is 2. The second kappa shape index (κ2) is 8.56. The summed E-state index contributed by atoms with van der Waals surface area (Å²) in [6, 6.07) is 12.2. The van der Waals surface area contributed by atoms with Gasteiger partial charge in [-0.1, -0.05) is 38.1 Å². The lowest BCUT2D eigenvalue weighted by atomic mass is 9.90. The van der Waals surface area contributed by atoms with Gasteiger partial charge in [-0.05, 0) is 60.9 Å². The lowest BCUT2D eigenvalue weighted by molar-refractivity contribution is -0.121. The highest BCUT2D eigenvalue weighted by molar-refractivity contribution is 7.14. The van der Waals surface area contributed by atoms with Crippen LogP contribution >= 0.6 is 11.3 Å². The predicted octanol–water partition coefficient (Wildman–Crippen LogP) is 4.95. The van der Waals surface area contributed by atoms with Crippen LogP contribution in [0.1, 0.15) is 58.5 Å². The fourth-order valence-electron chi connectivity index (χ4n) is 4.71. The molecule has 6 nitrogen and oxygen atoms in total. The number of nitrogens with one attached hydrogen (secondary N) is 1. The second-order valence-electron chi connectivity index (χ2n) is 8.93. The van der Waals surface area contributed by atoms with Gasteiger partial charge in [0.1, 0.15) is 6.04 Å². The van der Waals surface area contributed by atoms with Crippen LogP contribution in [0.3, 0.4) is 0 Å². The maximum Gasteiger partial charge on any atom is 0.262 e. The van der Waals surface area contributed by atoms with E-state index < -0.39 is 23.8 Å². The highest BCUT2D eigenvalue weighted by Gasteiger charge is 2.44. The molecule has 168 valence electrons. The van der Waals surface area contributed by atoms with E-state index in [4.69, 9.17) is 0 Å². The average Bonchev–Trinajstić information content (AvgIpc) is 3.38. The number of aromatic nitrogens is 1. The monoisotopic (exact) mass is 459 g/mol. The van der Waals surface area contributed by atoms with Crippen molar-refractivity contribution in [2.75, 3.05) is 5.32 Å². The summed E-state index contributed by atoms with van der Waals surface area (Å²) in [5.41, 5.74) is 5.31. The fourth-order valence-corrected chi connectivity index (χ4v) is 5.44. The molecule has 1 aliphatic carbocycles. The quantitative estimate of drug-likeness (QED) is 0.548. The number of benzene rings is 2. The zero-order valence-corrected chi connectivity index (χ0v) is 19.4. The van der Waals surface area contributed by atoms with E-state index in [1.807, 2.05) is 19.2 Å². The summed E-state index contributed by atoms with van der Waals surface area (Å²) in [4.78, 5) is 44.8. The van der Waals surface area contributed by atoms with Gasteiger partial charge in [0.15, 0.2) is 5.13 Å². The van der Waals surface area contributed by atoms with Crippen molar-refractivity contribution < 1.29 is 14.4 Å². The minimum Gasteiger partial charge on any atom is -0.300 e. The topological polar surface area (TPSA) is 79.4 Å². The van der Waals surface area contributed by atoms with Crippen molar-refractivity contribution in [3.63, 3.8) is 0 Å². The normalized spacial score (nSPS) is 16.0. The van der Waals surface area contributed by atoms with E-state index in [9.17, 15) is 14.4 Å². The summed E-state index contributed by atoms with van der Waals surface area (Å²) in [5.74, 6) is -1.53. The Kier molecular flexibility index (Phi) is 5.58. The van der Waals surface area contributed by atoms with Gasteiger partial charge in [0.05, 0.1) is 16.8 Å². The van der Waals surface area contributed by atoms with Crippen LogP contribution in [0, 0.1) is 5.92 Å². The van der Waals surface area contributed by atoms with Gasteiger partial charge in [0, 0.05) is 10.9 Å². The lowest BCUT2D eigenvalue weighted by Crippen LogP contribution is -2.50. The van der Waals surface area contributed by atoms with Crippen molar-refractivity contribution in [3.05, 3.63) is 70.1 Å². The molecule has 0 radical (unpaired) electrons. The molecule has 1 atom stereocenters. The summed E-state index contributed by atoms with van der Waals surface area (Å²) in [6.45, 7) is 3.66. The summed E-state index contributed by atoms with van der Waals surface area (Å²) in [7, 11) is 0. The van der Waals surface area contributed by atoms with Gasteiger partial charge in [0.2, 0.25) is 5.91 Å². The Morgan fingerprint density at radius 2 is 1.67 bits per heavy atom. The van der Waals surface area contributed by atoms with Crippen LogP contribution in [0.2, 0.25) is 0 Å². The average molecular weight is 460 g/mol. The molecule has 0 bridgehead atoms. The van der Waals surface area contributed by atoms with Gasteiger partial charge in [-0.25, -0.2) is 4.98 Å². The first-order valence-electron chi connectivity index (χ1n) is 11.3. The smallest absolute Gasteiger partial charge is 0.262 e. The number of imide groups is 1. The van der Waals surface area contributed by atoms with E-state index in [0.717, 1.165) is 29.0 Å². The SMILES string of the molecule is CC(C)C(C(=O)Nc1nc(-c2ccc3c(c2)CCCC3)cs1)N1C(=O)c2ccccc2C1=O. The predicted molar refractivity (Wildman–Crippen MR) is 128 cm³/mol. The molecule has 0 fully saturated rings. The first kappa shape index (κ1) is 21.5. The highest BCUT2D eigenvalue weighted by Crippen LogP contribution is 2.31. The van der Waals surface area contributed by atoms with Crippen LogP contribution in [0.15, 0.2) is 47.8 Å². The Morgan fingerprint density at radius 1 is 1.00 bits per heavy atom. The Labute approximate surface area is 196 Å². The number of carbonyl (C=O) groups excluding carboxylic acids is 3. The van der Waals surface area contributed by atoms with E-state index >= 15 is 0 Å². The van der Waals surface area contributed by atoms with Crippen molar-refractivity contribution in [2.24, 2.45) is 5.92 Å². The van der Waals surface area contributed by atoms with Crippen molar-refractivity contribution in [1.29, 1.82) is 0 Å². The molecule has 2 aromatic carbocycles. The third-order valence-corrected chi connectivity index (χ3v) is 7.14. The van der Waals surface area contributed by atoms with E-state index in [2.05, 4.69) is 28.5 Å². The lowest BCUT2D eigenvalue weighted by Gasteiger charge is -2.27. The largest absolute Gasteiger partial charge is 0.300 e. The molecule has 2 aliphatic rings. The summed E-state index contributed by atoms with van der Waals surface area (Å²) in [6.07, 6.45) is 4.67. The fraction of sp³-hybridized carbons (Fsp3) is 0.308. The van der Waals surface area contributed by atoms with Crippen LogP contribution in [0.5, 0.6) is 0 Å². The molecule has 5 rings (SSSR count). The molecule has 1 N–H and O–H groups in total. The van der Waals surface area contributed by atoms with Crippen molar-refractivity contribution >= 4 is 34.2 Å². The van der Waals surface area contributed by atoms with Crippen LogP contribution in [0.4, 0.5) is 5.13 Å². The van der Waals surface area contributed by atoms with Gasteiger partial charge in [-0.15, -0.1) is 11.3 Å². The zero-order valence-electron chi connectivity index (χ0n) is 18.6. The number of aryl methyl sites for hydroxylation is 2. The van der Waals surface area contributed by atoms with Crippen molar-refractivity contribution in [1.82, 2.24) is 9.88 Å². The molecule has 7 heteroatoms. The molecule has 1 aliphatic heterocycles. The number of nitrogens with zero attached hydrogens (tertiary/aromatic N) is 2.